The molecule has 138 valence electrons. The Hall–Kier alpha value is -1.63. The second-order valence-corrected chi connectivity index (χ2v) is 6.64. The van der Waals surface area contributed by atoms with E-state index < -0.39 is 0 Å². The molecule has 2 amide bonds. The SMILES string of the molecule is Cl.NCCN1C(=O)CC[C@H]2CN(C(=O)c3ccc(CO)cc3)CC[C@H]21. The van der Waals surface area contributed by atoms with Crippen LogP contribution in [0.1, 0.15) is 35.2 Å². The summed E-state index contributed by atoms with van der Waals surface area (Å²) in [7, 11) is 0. The number of benzene rings is 1. The van der Waals surface area contributed by atoms with Crippen molar-refractivity contribution < 1.29 is 14.7 Å². The summed E-state index contributed by atoms with van der Waals surface area (Å²) in [5.41, 5.74) is 7.09. The number of halogens is 1. The minimum atomic E-state index is -0.0209. The zero-order valence-corrected chi connectivity index (χ0v) is 15.1. The van der Waals surface area contributed by atoms with E-state index in [-0.39, 0.29) is 36.9 Å². The number of carbonyl (C=O) groups excluding carboxylic acids is 2. The van der Waals surface area contributed by atoms with Crippen molar-refractivity contribution >= 4 is 24.2 Å². The predicted molar refractivity (Wildman–Crippen MR) is 97.4 cm³/mol. The molecule has 7 heteroatoms. The zero-order chi connectivity index (χ0) is 17.1. The van der Waals surface area contributed by atoms with Gasteiger partial charge in [-0.25, -0.2) is 0 Å². The highest BCUT2D eigenvalue weighted by Crippen LogP contribution is 2.31. The maximum atomic E-state index is 12.7. The quantitative estimate of drug-likeness (QED) is 0.831. The summed E-state index contributed by atoms with van der Waals surface area (Å²) in [4.78, 5) is 28.6. The molecule has 1 aromatic carbocycles. The molecule has 6 nitrogen and oxygen atoms in total. The molecule has 0 unspecified atom stereocenters. The standard InChI is InChI=1S/C18H25N3O3.ClH/c19-8-10-21-16-7-9-20(11-15(16)5-6-17(21)23)18(24)14-3-1-13(12-22)2-4-14;/h1-4,15-16,22H,5-12,19H2;1H/t15-,16+;/m0./s1. The first-order valence-corrected chi connectivity index (χ1v) is 8.62. The van der Waals surface area contributed by atoms with Crippen molar-refractivity contribution in [2.75, 3.05) is 26.2 Å². The van der Waals surface area contributed by atoms with Crippen LogP contribution in [0.25, 0.3) is 0 Å². The van der Waals surface area contributed by atoms with E-state index in [0.29, 0.717) is 44.1 Å². The van der Waals surface area contributed by atoms with Crippen LogP contribution < -0.4 is 5.73 Å². The third-order valence-electron chi connectivity index (χ3n) is 5.18. The number of likely N-dealkylation sites (tertiary alicyclic amines) is 2. The average Bonchev–Trinajstić information content (AvgIpc) is 2.63. The Balaban J connectivity index is 0.00000225. The van der Waals surface area contributed by atoms with Crippen molar-refractivity contribution in [3.05, 3.63) is 35.4 Å². The van der Waals surface area contributed by atoms with E-state index in [2.05, 4.69) is 0 Å². The molecule has 2 fully saturated rings. The summed E-state index contributed by atoms with van der Waals surface area (Å²) in [6, 6.07) is 7.32. The molecule has 0 aliphatic carbocycles. The van der Waals surface area contributed by atoms with Gasteiger partial charge in [-0.2, -0.15) is 0 Å². The molecule has 3 rings (SSSR count). The van der Waals surface area contributed by atoms with Crippen LogP contribution >= 0.6 is 12.4 Å². The third-order valence-corrected chi connectivity index (χ3v) is 5.18. The number of rotatable bonds is 4. The largest absolute Gasteiger partial charge is 0.392 e. The Morgan fingerprint density at radius 2 is 1.96 bits per heavy atom. The maximum Gasteiger partial charge on any atom is 0.253 e. The van der Waals surface area contributed by atoms with Crippen LogP contribution in [0.5, 0.6) is 0 Å². The first-order chi connectivity index (χ1) is 11.6. The Kier molecular flexibility index (Phi) is 6.81. The minimum Gasteiger partial charge on any atom is -0.392 e. The van der Waals surface area contributed by atoms with Crippen LogP contribution in [0, 0.1) is 5.92 Å². The van der Waals surface area contributed by atoms with Gasteiger partial charge in [-0.3, -0.25) is 9.59 Å². The fourth-order valence-corrected chi connectivity index (χ4v) is 3.90. The van der Waals surface area contributed by atoms with Gasteiger partial charge in [0.25, 0.3) is 5.91 Å². The molecular formula is C18H26ClN3O3. The molecule has 3 N–H and O–H groups in total. The van der Waals surface area contributed by atoms with Gasteiger partial charge in [0, 0.05) is 44.2 Å². The van der Waals surface area contributed by atoms with Gasteiger partial charge in [0.15, 0.2) is 0 Å². The molecule has 2 aliphatic rings. The number of hydrogen-bond donors (Lipinski definition) is 2. The molecule has 0 radical (unpaired) electrons. The topological polar surface area (TPSA) is 86.9 Å². The van der Waals surface area contributed by atoms with Crippen molar-refractivity contribution in [2.24, 2.45) is 11.7 Å². The summed E-state index contributed by atoms with van der Waals surface area (Å²) < 4.78 is 0. The molecule has 2 atom stereocenters. The number of hydrogen-bond acceptors (Lipinski definition) is 4. The fourth-order valence-electron chi connectivity index (χ4n) is 3.90. The molecule has 0 spiro atoms. The Morgan fingerprint density at radius 1 is 1.24 bits per heavy atom. The number of nitrogens with zero attached hydrogens (tertiary/aromatic N) is 2. The number of fused-ring (bicyclic) bond motifs is 1. The molecule has 2 aliphatic heterocycles. The van der Waals surface area contributed by atoms with E-state index in [4.69, 9.17) is 10.8 Å². The Morgan fingerprint density at radius 3 is 2.60 bits per heavy atom. The highest BCUT2D eigenvalue weighted by molar-refractivity contribution is 5.94. The molecule has 25 heavy (non-hydrogen) atoms. The van der Waals surface area contributed by atoms with Gasteiger partial charge in [-0.1, -0.05) is 12.1 Å². The van der Waals surface area contributed by atoms with Gasteiger partial charge >= 0.3 is 0 Å². The summed E-state index contributed by atoms with van der Waals surface area (Å²) in [5, 5.41) is 9.10. The van der Waals surface area contributed by atoms with Crippen LogP contribution in [0.4, 0.5) is 0 Å². The number of piperidine rings is 2. The lowest BCUT2D eigenvalue weighted by Gasteiger charge is -2.47. The average molecular weight is 368 g/mol. The van der Waals surface area contributed by atoms with E-state index in [9.17, 15) is 9.59 Å². The van der Waals surface area contributed by atoms with Crippen molar-refractivity contribution in [3.8, 4) is 0 Å². The smallest absolute Gasteiger partial charge is 0.253 e. The van der Waals surface area contributed by atoms with Crippen molar-refractivity contribution in [1.29, 1.82) is 0 Å². The number of aliphatic hydroxyl groups excluding tert-OH is 1. The van der Waals surface area contributed by atoms with Crippen LogP contribution in [-0.4, -0.2) is 58.9 Å². The van der Waals surface area contributed by atoms with E-state index in [1.54, 1.807) is 24.3 Å². The monoisotopic (exact) mass is 367 g/mol. The van der Waals surface area contributed by atoms with Crippen molar-refractivity contribution in [1.82, 2.24) is 9.80 Å². The fraction of sp³-hybridized carbons (Fsp3) is 0.556. The Labute approximate surface area is 154 Å². The molecule has 1 aromatic rings. The second-order valence-electron chi connectivity index (χ2n) is 6.64. The normalized spacial score (nSPS) is 23.0. The summed E-state index contributed by atoms with van der Waals surface area (Å²) in [6.07, 6.45) is 2.21. The second kappa shape index (κ2) is 8.65. The highest BCUT2D eigenvalue weighted by atomic mass is 35.5. The molecule has 2 saturated heterocycles. The number of amides is 2. The first kappa shape index (κ1) is 19.7. The van der Waals surface area contributed by atoms with Gasteiger partial charge < -0.3 is 20.6 Å². The van der Waals surface area contributed by atoms with Gasteiger partial charge in [0.05, 0.1) is 6.61 Å². The summed E-state index contributed by atoms with van der Waals surface area (Å²) in [6.45, 7) is 2.42. The molecule has 0 saturated carbocycles. The van der Waals surface area contributed by atoms with Crippen LogP contribution in [0.3, 0.4) is 0 Å². The van der Waals surface area contributed by atoms with Crippen LogP contribution in [0.15, 0.2) is 24.3 Å². The van der Waals surface area contributed by atoms with Crippen LogP contribution in [-0.2, 0) is 11.4 Å². The van der Waals surface area contributed by atoms with E-state index in [1.165, 1.54) is 0 Å². The van der Waals surface area contributed by atoms with E-state index in [1.807, 2.05) is 9.80 Å². The molecular weight excluding hydrogens is 342 g/mol. The number of aliphatic hydroxyl groups is 1. The third kappa shape index (κ3) is 4.14. The van der Waals surface area contributed by atoms with E-state index in [0.717, 1.165) is 18.4 Å². The zero-order valence-electron chi connectivity index (χ0n) is 14.3. The van der Waals surface area contributed by atoms with Gasteiger partial charge in [0.1, 0.15) is 0 Å². The minimum absolute atomic E-state index is 0. The number of carbonyl (C=O) groups is 2. The number of nitrogens with two attached hydrogens (primary N) is 1. The predicted octanol–water partition coefficient (Wildman–Crippen LogP) is 1.01. The lowest BCUT2D eigenvalue weighted by Crippen LogP contribution is -2.57. The Bertz CT molecular complexity index is 608. The van der Waals surface area contributed by atoms with Gasteiger partial charge in [-0.05, 0) is 36.5 Å². The van der Waals surface area contributed by atoms with Gasteiger partial charge in [-0.15, -0.1) is 12.4 Å². The first-order valence-electron chi connectivity index (χ1n) is 8.62. The maximum absolute atomic E-state index is 12.7. The van der Waals surface area contributed by atoms with Gasteiger partial charge in [0.2, 0.25) is 5.91 Å². The summed E-state index contributed by atoms with van der Waals surface area (Å²) >= 11 is 0. The lowest BCUT2D eigenvalue weighted by molar-refractivity contribution is -0.140. The van der Waals surface area contributed by atoms with Crippen LogP contribution in [0.2, 0.25) is 0 Å². The molecule has 0 bridgehead atoms. The van der Waals surface area contributed by atoms with Crippen molar-refractivity contribution in [2.45, 2.75) is 31.9 Å². The molecule has 0 aromatic heterocycles. The molecule has 2 heterocycles. The highest BCUT2D eigenvalue weighted by Gasteiger charge is 2.40. The summed E-state index contributed by atoms with van der Waals surface area (Å²) in [5.74, 6) is 0.560. The lowest BCUT2D eigenvalue weighted by atomic mass is 9.83. The van der Waals surface area contributed by atoms with E-state index >= 15 is 0 Å². The van der Waals surface area contributed by atoms with Crippen molar-refractivity contribution in [3.63, 3.8) is 0 Å².